The van der Waals surface area contributed by atoms with Gasteiger partial charge in [0.05, 0.1) is 6.42 Å². The van der Waals surface area contributed by atoms with E-state index in [0.29, 0.717) is 17.4 Å². The van der Waals surface area contributed by atoms with E-state index >= 15 is 0 Å². The van der Waals surface area contributed by atoms with E-state index in [0.717, 1.165) is 12.1 Å². The van der Waals surface area contributed by atoms with E-state index in [9.17, 15) is 4.79 Å². The van der Waals surface area contributed by atoms with Crippen LogP contribution in [0.5, 0.6) is 0 Å². The van der Waals surface area contributed by atoms with E-state index in [-0.39, 0.29) is 5.91 Å². The minimum absolute atomic E-state index is 0.114. The predicted octanol–water partition coefficient (Wildman–Crippen LogP) is 3.58. The standard InChI is InChI=1S/C15H20ClNO/c16-14-8-6-12(7-9-14)10-15(18)17-11-13-4-2-1-3-5-13/h6-9,13H,1-5,10-11H2,(H,17,18). The summed E-state index contributed by atoms with van der Waals surface area (Å²) in [6, 6.07) is 7.46. The Labute approximate surface area is 114 Å². The topological polar surface area (TPSA) is 29.1 Å². The van der Waals surface area contributed by atoms with Crippen molar-refractivity contribution in [2.45, 2.75) is 38.5 Å². The highest BCUT2D eigenvalue weighted by molar-refractivity contribution is 6.30. The summed E-state index contributed by atoms with van der Waals surface area (Å²) in [7, 11) is 0. The molecule has 1 aromatic rings. The Kier molecular flexibility index (Phi) is 5.06. The Balaban J connectivity index is 1.73. The molecule has 18 heavy (non-hydrogen) atoms. The second-order valence-corrected chi connectivity index (χ2v) is 5.55. The van der Waals surface area contributed by atoms with Gasteiger partial charge in [-0.2, -0.15) is 0 Å². The maximum absolute atomic E-state index is 11.8. The van der Waals surface area contributed by atoms with Crippen molar-refractivity contribution >= 4 is 17.5 Å². The molecule has 98 valence electrons. The fourth-order valence-electron chi connectivity index (χ4n) is 2.50. The lowest BCUT2D eigenvalue weighted by Crippen LogP contribution is -2.31. The van der Waals surface area contributed by atoms with Gasteiger partial charge in [0.1, 0.15) is 0 Å². The van der Waals surface area contributed by atoms with Gasteiger partial charge in [0.15, 0.2) is 0 Å². The van der Waals surface area contributed by atoms with Gasteiger partial charge in [0.25, 0.3) is 0 Å². The Morgan fingerprint density at radius 3 is 2.50 bits per heavy atom. The van der Waals surface area contributed by atoms with Crippen LogP contribution in [-0.4, -0.2) is 12.5 Å². The molecule has 0 saturated heterocycles. The number of rotatable bonds is 4. The van der Waals surface area contributed by atoms with Gasteiger partial charge < -0.3 is 5.32 Å². The quantitative estimate of drug-likeness (QED) is 0.886. The molecule has 0 heterocycles. The zero-order chi connectivity index (χ0) is 12.8. The molecule has 1 fully saturated rings. The summed E-state index contributed by atoms with van der Waals surface area (Å²) in [5.41, 5.74) is 1.01. The smallest absolute Gasteiger partial charge is 0.224 e. The van der Waals surface area contributed by atoms with E-state index in [2.05, 4.69) is 5.32 Å². The normalized spacial score (nSPS) is 16.5. The van der Waals surface area contributed by atoms with Crippen LogP contribution < -0.4 is 5.32 Å². The molecular formula is C15H20ClNO. The number of nitrogens with one attached hydrogen (secondary N) is 1. The van der Waals surface area contributed by atoms with Crippen LogP contribution in [0.2, 0.25) is 5.02 Å². The molecule has 0 spiro atoms. The highest BCUT2D eigenvalue weighted by atomic mass is 35.5. The fourth-order valence-corrected chi connectivity index (χ4v) is 2.63. The van der Waals surface area contributed by atoms with Gasteiger partial charge in [-0.3, -0.25) is 4.79 Å². The van der Waals surface area contributed by atoms with E-state index in [1.807, 2.05) is 24.3 Å². The monoisotopic (exact) mass is 265 g/mol. The van der Waals surface area contributed by atoms with Gasteiger partial charge in [0, 0.05) is 11.6 Å². The lowest BCUT2D eigenvalue weighted by atomic mass is 9.89. The minimum Gasteiger partial charge on any atom is -0.356 e. The van der Waals surface area contributed by atoms with Crippen molar-refractivity contribution in [2.24, 2.45) is 5.92 Å². The largest absolute Gasteiger partial charge is 0.356 e. The van der Waals surface area contributed by atoms with Crippen molar-refractivity contribution in [3.8, 4) is 0 Å². The van der Waals surface area contributed by atoms with Crippen molar-refractivity contribution < 1.29 is 4.79 Å². The average molecular weight is 266 g/mol. The molecule has 3 heteroatoms. The first-order chi connectivity index (χ1) is 8.74. The molecule has 1 aromatic carbocycles. The molecular weight excluding hydrogens is 246 g/mol. The Morgan fingerprint density at radius 2 is 1.83 bits per heavy atom. The summed E-state index contributed by atoms with van der Waals surface area (Å²) in [5, 5.41) is 3.75. The number of benzene rings is 1. The van der Waals surface area contributed by atoms with Gasteiger partial charge >= 0.3 is 0 Å². The van der Waals surface area contributed by atoms with Crippen LogP contribution in [0.15, 0.2) is 24.3 Å². The molecule has 0 unspecified atom stereocenters. The summed E-state index contributed by atoms with van der Waals surface area (Å²) >= 11 is 5.81. The Morgan fingerprint density at radius 1 is 1.17 bits per heavy atom. The van der Waals surface area contributed by atoms with E-state index in [4.69, 9.17) is 11.6 Å². The first-order valence-electron chi connectivity index (χ1n) is 6.75. The van der Waals surface area contributed by atoms with Crippen LogP contribution in [0.25, 0.3) is 0 Å². The average Bonchev–Trinajstić information content (AvgIpc) is 2.40. The van der Waals surface area contributed by atoms with Gasteiger partial charge in [0.2, 0.25) is 5.91 Å². The fraction of sp³-hybridized carbons (Fsp3) is 0.533. The molecule has 0 radical (unpaired) electrons. The summed E-state index contributed by atoms with van der Waals surface area (Å²) in [6.45, 7) is 0.840. The zero-order valence-corrected chi connectivity index (χ0v) is 11.4. The van der Waals surface area contributed by atoms with Crippen LogP contribution in [-0.2, 0) is 11.2 Å². The summed E-state index contributed by atoms with van der Waals surface area (Å²) in [4.78, 5) is 11.8. The molecule has 0 aromatic heterocycles. The first-order valence-corrected chi connectivity index (χ1v) is 7.13. The lowest BCUT2D eigenvalue weighted by Gasteiger charge is -2.21. The number of carbonyl (C=O) groups is 1. The molecule has 2 rings (SSSR count). The summed E-state index contributed by atoms with van der Waals surface area (Å²) in [6.07, 6.45) is 6.97. The van der Waals surface area contributed by atoms with Crippen LogP contribution >= 0.6 is 11.6 Å². The third-order valence-corrected chi connectivity index (χ3v) is 3.84. The third kappa shape index (κ3) is 4.34. The molecule has 0 atom stereocenters. The number of hydrogen-bond acceptors (Lipinski definition) is 1. The second kappa shape index (κ2) is 6.79. The van der Waals surface area contributed by atoms with Crippen molar-refractivity contribution in [1.82, 2.24) is 5.32 Å². The van der Waals surface area contributed by atoms with E-state index in [1.165, 1.54) is 32.1 Å². The molecule has 2 nitrogen and oxygen atoms in total. The molecule has 1 N–H and O–H groups in total. The minimum atomic E-state index is 0.114. The zero-order valence-electron chi connectivity index (χ0n) is 10.6. The SMILES string of the molecule is O=C(Cc1ccc(Cl)cc1)NCC1CCCCC1. The maximum atomic E-state index is 11.8. The number of hydrogen-bond donors (Lipinski definition) is 1. The van der Waals surface area contributed by atoms with Crippen molar-refractivity contribution in [1.29, 1.82) is 0 Å². The van der Waals surface area contributed by atoms with Crippen molar-refractivity contribution in [2.75, 3.05) is 6.54 Å². The number of amides is 1. The van der Waals surface area contributed by atoms with Gasteiger partial charge in [-0.25, -0.2) is 0 Å². The van der Waals surface area contributed by atoms with Crippen LogP contribution in [0, 0.1) is 5.92 Å². The maximum Gasteiger partial charge on any atom is 0.224 e. The van der Waals surface area contributed by atoms with Crippen LogP contribution in [0.3, 0.4) is 0 Å². The van der Waals surface area contributed by atoms with E-state index < -0.39 is 0 Å². The highest BCUT2D eigenvalue weighted by Crippen LogP contribution is 2.22. The molecule has 0 aliphatic heterocycles. The third-order valence-electron chi connectivity index (χ3n) is 3.59. The molecule has 1 aliphatic carbocycles. The summed E-state index contributed by atoms with van der Waals surface area (Å²) < 4.78 is 0. The first kappa shape index (κ1) is 13.4. The lowest BCUT2D eigenvalue weighted by molar-refractivity contribution is -0.120. The highest BCUT2D eigenvalue weighted by Gasteiger charge is 2.14. The van der Waals surface area contributed by atoms with Crippen LogP contribution in [0.4, 0.5) is 0 Å². The Hall–Kier alpha value is -1.02. The molecule has 0 bridgehead atoms. The molecule has 1 saturated carbocycles. The van der Waals surface area contributed by atoms with E-state index in [1.54, 1.807) is 0 Å². The van der Waals surface area contributed by atoms with Crippen molar-refractivity contribution in [3.05, 3.63) is 34.9 Å². The van der Waals surface area contributed by atoms with Crippen LogP contribution in [0.1, 0.15) is 37.7 Å². The Bertz CT molecular complexity index is 382. The molecule has 1 aliphatic rings. The van der Waals surface area contributed by atoms with Crippen molar-refractivity contribution in [3.63, 3.8) is 0 Å². The second-order valence-electron chi connectivity index (χ2n) is 5.11. The molecule has 1 amide bonds. The number of carbonyl (C=O) groups excluding carboxylic acids is 1. The van der Waals surface area contributed by atoms with Gasteiger partial charge in [-0.15, -0.1) is 0 Å². The predicted molar refractivity (Wildman–Crippen MR) is 74.7 cm³/mol. The van der Waals surface area contributed by atoms with Gasteiger partial charge in [-0.1, -0.05) is 43.0 Å². The van der Waals surface area contributed by atoms with Gasteiger partial charge in [-0.05, 0) is 36.5 Å². The number of halogens is 1. The summed E-state index contributed by atoms with van der Waals surface area (Å²) in [5.74, 6) is 0.802.